The molecule has 4 rings (SSSR count). The summed E-state index contributed by atoms with van der Waals surface area (Å²) in [5.74, 6) is 1.31. The molecule has 1 N–H and O–H groups in total. The van der Waals surface area contributed by atoms with Gasteiger partial charge in [0, 0.05) is 39.9 Å². The average Bonchev–Trinajstić information content (AvgIpc) is 3.07. The molecule has 2 atom stereocenters. The summed E-state index contributed by atoms with van der Waals surface area (Å²) in [5, 5.41) is 8.90. The molecule has 0 amide bonds. The Morgan fingerprint density at radius 2 is 1.66 bits per heavy atom. The number of ether oxygens (including phenoxy) is 3. The van der Waals surface area contributed by atoms with Crippen LogP contribution in [-0.4, -0.2) is 59.8 Å². The van der Waals surface area contributed by atoms with Gasteiger partial charge in [0.2, 0.25) is 10.0 Å². The number of piperidine rings is 1. The number of hydrogen-bond donors (Lipinski definition) is 1. The molecule has 2 unspecified atom stereocenters. The summed E-state index contributed by atoms with van der Waals surface area (Å²) in [6.45, 7) is 3.77. The lowest BCUT2D eigenvalue weighted by Crippen LogP contribution is -2.53. The average molecular weight is 500 g/mol. The van der Waals surface area contributed by atoms with Crippen molar-refractivity contribution in [3.8, 4) is 11.8 Å². The molecule has 2 bridgehead atoms. The SMILES string of the molecule is COCc1ccc(S(=O)(=O)NC2C3CCC2CN(CCOc2ccc(C#N)cc2)C3)cc1COC. The molecule has 2 fully saturated rings. The van der Waals surface area contributed by atoms with E-state index in [4.69, 9.17) is 19.5 Å². The van der Waals surface area contributed by atoms with Crippen molar-refractivity contribution in [3.05, 3.63) is 59.2 Å². The molecule has 1 saturated carbocycles. The van der Waals surface area contributed by atoms with Gasteiger partial charge in [-0.1, -0.05) is 6.07 Å². The Hall–Kier alpha value is -2.48. The lowest BCUT2D eigenvalue weighted by atomic mass is 9.93. The van der Waals surface area contributed by atoms with Crippen molar-refractivity contribution in [2.45, 2.75) is 37.0 Å². The fourth-order valence-electron chi connectivity index (χ4n) is 5.22. The summed E-state index contributed by atoms with van der Waals surface area (Å²) in [6.07, 6.45) is 2.04. The maximum absolute atomic E-state index is 13.3. The minimum atomic E-state index is -3.65. The fourth-order valence-corrected chi connectivity index (χ4v) is 6.64. The molecule has 1 aliphatic heterocycles. The number of likely N-dealkylation sites (tertiary alicyclic amines) is 1. The summed E-state index contributed by atoms with van der Waals surface area (Å²) in [5.41, 5.74) is 2.35. The first-order valence-electron chi connectivity index (χ1n) is 11.9. The highest BCUT2D eigenvalue weighted by Gasteiger charge is 2.43. The van der Waals surface area contributed by atoms with Gasteiger partial charge < -0.3 is 14.2 Å². The van der Waals surface area contributed by atoms with Gasteiger partial charge in [0.05, 0.1) is 29.7 Å². The van der Waals surface area contributed by atoms with Gasteiger partial charge in [0.1, 0.15) is 12.4 Å². The molecular formula is C26H33N3O5S. The molecule has 35 heavy (non-hydrogen) atoms. The van der Waals surface area contributed by atoms with Crippen LogP contribution >= 0.6 is 0 Å². The first kappa shape index (κ1) is 25.6. The molecule has 2 aromatic carbocycles. The predicted molar refractivity (Wildman–Crippen MR) is 131 cm³/mol. The van der Waals surface area contributed by atoms with Crippen molar-refractivity contribution in [1.82, 2.24) is 9.62 Å². The Morgan fingerprint density at radius 1 is 1.00 bits per heavy atom. The number of benzene rings is 2. The molecule has 0 radical (unpaired) electrons. The zero-order valence-electron chi connectivity index (χ0n) is 20.3. The molecule has 0 spiro atoms. The fraction of sp³-hybridized carbons (Fsp3) is 0.500. The van der Waals surface area contributed by atoms with Crippen molar-refractivity contribution in [1.29, 1.82) is 5.26 Å². The van der Waals surface area contributed by atoms with Crippen LogP contribution in [0, 0.1) is 23.2 Å². The maximum atomic E-state index is 13.3. The Balaban J connectivity index is 1.34. The smallest absolute Gasteiger partial charge is 0.240 e. The Bertz CT molecular complexity index is 1130. The lowest BCUT2D eigenvalue weighted by Gasteiger charge is -2.38. The number of methoxy groups -OCH3 is 2. The third-order valence-electron chi connectivity index (χ3n) is 6.95. The van der Waals surface area contributed by atoms with Crippen LogP contribution in [0.1, 0.15) is 29.5 Å². The van der Waals surface area contributed by atoms with E-state index in [0.29, 0.717) is 25.4 Å². The molecule has 1 heterocycles. The summed E-state index contributed by atoms with van der Waals surface area (Å²) in [6, 6.07) is 14.3. The lowest BCUT2D eigenvalue weighted by molar-refractivity contribution is 0.120. The monoisotopic (exact) mass is 499 g/mol. The second-order valence-corrected chi connectivity index (χ2v) is 11.0. The summed E-state index contributed by atoms with van der Waals surface area (Å²) in [7, 11) is -0.438. The van der Waals surface area contributed by atoms with Gasteiger partial charge in [0.15, 0.2) is 0 Å². The molecule has 2 aliphatic rings. The van der Waals surface area contributed by atoms with Crippen LogP contribution in [0.15, 0.2) is 47.4 Å². The summed E-state index contributed by atoms with van der Waals surface area (Å²) < 4.78 is 45.9. The number of nitrogens with one attached hydrogen (secondary N) is 1. The first-order chi connectivity index (χ1) is 16.9. The van der Waals surface area contributed by atoms with Gasteiger partial charge in [-0.3, -0.25) is 4.90 Å². The minimum Gasteiger partial charge on any atom is -0.492 e. The third kappa shape index (κ3) is 6.21. The number of fused-ring (bicyclic) bond motifs is 2. The van der Waals surface area contributed by atoms with Gasteiger partial charge >= 0.3 is 0 Å². The second kappa shape index (κ2) is 11.5. The molecule has 8 nitrogen and oxygen atoms in total. The quantitative estimate of drug-likeness (QED) is 0.507. The van der Waals surface area contributed by atoms with Crippen molar-refractivity contribution >= 4 is 10.0 Å². The van der Waals surface area contributed by atoms with Crippen LogP contribution in [0.4, 0.5) is 0 Å². The van der Waals surface area contributed by atoms with Gasteiger partial charge in [-0.2, -0.15) is 5.26 Å². The zero-order chi connectivity index (χ0) is 24.8. The molecule has 9 heteroatoms. The Labute approximate surface area is 207 Å². The number of sulfonamides is 1. The van der Waals surface area contributed by atoms with Crippen LogP contribution in [0.3, 0.4) is 0 Å². The number of nitriles is 1. The Kier molecular flexibility index (Phi) is 8.42. The molecule has 1 aliphatic carbocycles. The van der Waals surface area contributed by atoms with Gasteiger partial charge in [-0.25, -0.2) is 13.1 Å². The first-order valence-corrected chi connectivity index (χ1v) is 13.4. The van der Waals surface area contributed by atoms with E-state index < -0.39 is 10.0 Å². The van der Waals surface area contributed by atoms with E-state index in [2.05, 4.69) is 15.7 Å². The number of rotatable bonds is 11. The van der Waals surface area contributed by atoms with Gasteiger partial charge in [-0.15, -0.1) is 0 Å². The van der Waals surface area contributed by atoms with E-state index in [9.17, 15) is 8.42 Å². The molecule has 2 aromatic rings. The molecular weight excluding hydrogens is 466 g/mol. The predicted octanol–water partition coefficient (Wildman–Crippen LogP) is 2.92. The highest BCUT2D eigenvalue weighted by Crippen LogP contribution is 2.37. The highest BCUT2D eigenvalue weighted by molar-refractivity contribution is 7.89. The largest absolute Gasteiger partial charge is 0.492 e. The van der Waals surface area contributed by atoms with Crippen LogP contribution in [-0.2, 0) is 32.7 Å². The topological polar surface area (TPSA) is 101 Å². The molecule has 0 aromatic heterocycles. The van der Waals surface area contributed by atoms with Crippen LogP contribution in [0.5, 0.6) is 5.75 Å². The number of hydrogen-bond acceptors (Lipinski definition) is 7. The third-order valence-corrected chi connectivity index (χ3v) is 8.41. The maximum Gasteiger partial charge on any atom is 0.240 e. The second-order valence-electron chi connectivity index (χ2n) is 9.29. The van der Waals surface area contributed by atoms with E-state index in [1.54, 1.807) is 44.6 Å². The van der Waals surface area contributed by atoms with Crippen LogP contribution in [0.25, 0.3) is 0 Å². The van der Waals surface area contributed by atoms with E-state index in [0.717, 1.165) is 49.4 Å². The summed E-state index contributed by atoms with van der Waals surface area (Å²) >= 11 is 0. The molecule has 1 saturated heterocycles. The summed E-state index contributed by atoms with van der Waals surface area (Å²) in [4.78, 5) is 2.63. The van der Waals surface area contributed by atoms with E-state index in [1.165, 1.54) is 0 Å². The van der Waals surface area contributed by atoms with Crippen molar-refractivity contribution in [3.63, 3.8) is 0 Å². The zero-order valence-corrected chi connectivity index (χ0v) is 21.1. The van der Waals surface area contributed by atoms with Crippen LogP contribution in [0.2, 0.25) is 0 Å². The minimum absolute atomic E-state index is 0.0554. The molecule has 188 valence electrons. The standard InChI is InChI=1S/C26H33N3O5S/c1-32-17-22-7-10-25(13-23(22)18-33-2)35(30,31)28-26-20-5-6-21(26)16-29(15-20)11-12-34-24-8-3-19(14-27)4-9-24/h3-4,7-10,13,20-21,26,28H,5-6,11-12,15-18H2,1-2H3. The van der Waals surface area contributed by atoms with E-state index in [-0.39, 0.29) is 22.8 Å². The normalized spacial score (nSPS) is 22.1. The number of nitrogens with zero attached hydrogens (tertiary/aromatic N) is 2. The van der Waals surface area contributed by atoms with Crippen molar-refractivity contribution in [2.24, 2.45) is 11.8 Å². The van der Waals surface area contributed by atoms with E-state index in [1.807, 2.05) is 12.1 Å². The van der Waals surface area contributed by atoms with Crippen molar-refractivity contribution in [2.75, 3.05) is 40.5 Å². The van der Waals surface area contributed by atoms with Crippen molar-refractivity contribution < 1.29 is 22.6 Å². The Morgan fingerprint density at radius 3 is 2.29 bits per heavy atom. The van der Waals surface area contributed by atoms with Gasteiger partial charge in [0.25, 0.3) is 0 Å². The van der Waals surface area contributed by atoms with E-state index >= 15 is 0 Å². The van der Waals surface area contributed by atoms with Crippen LogP contribution < -0.4 is 9.46 Å². The highest BCUT2D eigenvalue weighted by atomic mass is 32.2. The van der Waals surface area contributed by atoms with Gasteiger partial charge in [-0.05, 0) is 72.2 Å².